The second-order valence-corrected chi connectivity index (χ2v) is 8.25. The van der Waals surface area contributed by atoms with Gasteiger partial charge in [-0.05, 0) is 55.0 Å². The Hall–Kier alpha value is -2.25. The van der Waals surface area contributed by atoms with E-state index in [1.165, 1.54) is 31.2 Å². The van der Waals surface area contributed by atoms with Crippen molar-refractivity contribution in [2.24, 2.45) is 0 Å². The summed E-state index contributed by atoms with van der Waals surface area (Å²) in [6.45, 7) is 3.95. The van der Waals surface area contributed by atoms with E-state index >= 15 is 0 Å². The van der Waals surface area contributed by atoms with E-state index in [9.17, 15) is 13.2 Å². The van der Waals surface area contributed by atoms with Crippen molar-refractivity contribution in [2.75, 3.05) is 19.1 Å². The highest BCUT2D eigenvalue weighted by Gasteiger charge is 2.18. The Bertz CT molecular complexity index is 863. The van der Waals surface area contributed by atoms with Gasteiger partial charge in [0.1, 0.15) is 24.2 Å². The van der Waals surface area contributed by atoms with Crippen LogP contribution in [0, 0.1) is 0 Å². The van der Waals surface area contributed by atoms with Gasteiger partial charge in [0.15, 0.2) is 0 Å². The number of carbonyl (C=O) groups excluding carboxylic acids is 1. The molecule has 0 saturated carbocycles. The first-order valence-electron chi connectivity index (χ1n) is 8.80. The molecular formula is C20H23ClO6S. The third-order valence-electron chi connectivity index (χ3n) is 3.68. The van der Waals surface area contributed by atoms with E-state index in [0.29, 0.717) is 18.1 Å². The van der Waals surface area contributed by atoms with Gasteiger partial charge in [0.2, 0.25) is 9.84 Å². The zero-order valence-corrected chi connectivity index (χ0v) is 17.3. The van der Waals surface area contributed by atoms with Gasteiger partial charge in [0, 0.05) is 6.92 Å². The van der Waals surface area contributed by atoms with Gasteiger partial charge in [-0.3, -0.25) is 4.79 Å². The highest BCUT2D eigenvalue weighted by molar-refractivity contribution is 7.91. The minimum atomic E-state index is -3.65. The molecule has 0 aliphatic rings. The molecule has 6 nitrogen and oxygen atoms in total. The lowest BCUT2D eigenvalue weighted by molar-refractivity contribution is -0.146. The Morgan fingerprint density at radius 2 is 1.46 bits per heavy atom. The number of halogens is 1. The molecule has 0 heterocycles. The summed E-state index contributed by atoms with van der Waals surface area (Å²) < 4.78 is 41.5. The Morgan fingerprint density at radius 1 is 0.964 bits per heavy atom. The maximum Gasteiger partial charge on any atom is 0.303 e. The predicted molar refractivity (Wildman–Crippen MR) is 106 cm³/mol. The summed E-state index contributed by atoms with van der Waals surface area (Å²) in [5.41, 5.74) is 0. The van der Waals surface area contributed by atoms with E-state index < -0.39 is 21.9 Å². The van der Waals surface area contributed by atoms with Crippen molar-refractivity contribution in [3.8, 4) is 11.5 Å². The van der Waals surface area contributed by atoms with Crippen LogP contribution in [0.5, 0.6) is 11.5 Å². The van der Waals surface area contributed by atoms with Crippen molar-refractivity contribution >= 4 is 27.4 Å². The monoisotopic (exact) mass is 426 g/mol. The molecule has 0 saturated heterocycles. The quantitative estimate of drug-likeness (QED) is 0.424. The molecule has 0 aromatic heterocycles. The van der Waals surface area contributed by atoms with Gasteiger partial charge in [-0.2, -0.15) is 0 Å². The summed E-state index contributed by atoms with van der Waals surface area (Å²) in [4.78, 5) is 11.3. The number of sulfone groups is 1. The van der Waals surface area contributed by atoms with Crippen molar-refractivity contribution in [1.29, 1.82) is 0 Å². The van der Waals surface area contributed by atoms with Crippen LogP contribution in [-0.4, -0.2) is 39.6 Å². The smallest absolute Gasteiger partial charge is 0.303 e. The molecule has 1 atom stereocenters. The van der Waals surface area contributed by atoms with Crippen molar-refractivity contribution in [1.82, 2.24) is 0 Å². The molecule has 28 heavy (non-hydrogen) atoms. The van der Waals surface area contributed by atoms with Crippen molar-refractivity contribution < 1.29 is 27.4 Å². The van der Waals surface area contributed by atoms with Crippen LogP contribution in [0.25, 0.3) is 0 Å². The molecule has 2 rings (SSSR count). The largest absolute Gasteiger partial charge is 0.494 e. The Balaban J connectivity index is 2.05. The van der Waals surface area contributed by atoms with Gasteiger partial charge in [-0.15, -0.1) is 11.6 Å². The maximum absolute atomic E-state index is 12.7. The van der Waals surface area contributed by atoms with Crippen LogP contribution in [0.3, 0.4) is 0 Å². The predicted octanol–water partition coefficient (Wildman–Crippen LogP) is 3.86. The van der Waals surface area contributed by atoms with Crippen LogP contribution in [0.15, 0.2) is 58.3 Å². The number of carbonyl (C=O) groups is 1. The molecule has 0 spiro atoms. The van der Waals surface area contributed by atoms with Crippen LogP contribution in [0.2, 0.25) is 0 Å². The third-order valence-corrected chi connectivity index (χ3v) is 5.81. The summed E-state index contributed by atoms with van der Waals surface area (Å²) in [5, 5.41) is 0. The fraction of sp³-hybridized carbons (Fsp3) is 0.350. The van der Waals surface area contributed by atoms with Gasteiger partial charge in [0.25, 0.3) is 0 Å². The van der Waals surface area contributed by atoms with E-state index in [1.54, 1.807) is 24.3 Å². The highest BCUT2D eigenvalue weighted by Crippen LogP contribution is 2.25. The summed E-state index contributed by atoms with van der Waals surface area (Å²) >= 11 is 5.72. The average Bonchev–Trinajstić information content (AvgIpc) is 2.70. The lowest BCUT2D eigenvalue weighted by Crippen LogP contribution is -2.25. The number of rotatable bonds is 10. The topological polar surface area (TPSA) is 78.9 Å². The second kappa shape index (κ2) is 10.3. The SMILES string of the molecule is CCCOc1ccc(S(=O)(=O)c2ccc(OCC(CCl)OC(C)=O)cc2)cc1. The summed E-state index contributed by atoms with van der Waals surface area (Å²) in [6.07, 6.45) is 0.303. The zero-order valence-electron chi connectivity index (χ0n) is 15.8. The van der Waals surface area contributed by atoms with Crippen LogP contribution in [0.1, 0.15) is 20.3 Å². The number of hydrogen-bond donors (Lipinski definition) is 0. The lowest BCUT2D eigenvalue weighted by Gasteiger charge is -2.15. The van der Waals surface area contributed by atoms with Gasteiger partial charge >= 0.3 is 5.97 Å². The van der Waals surface area contributed by atoms with Crippen molar-refractivity contribution in [3.05, 3.63) is 48.5 Å². The van der Waals surface area contributed by atoms with Crippen molar-refractivity contribution in [3.63, 3.8) is 0 Å². The number of hydrogen-bond acceptors (Lipinski definition) is 6. The van der Waals surface area contributed by atoms with E-state index in [-0.39, 0.29) is 22.3 Å². The minimum absolute atomic E-state index is 0.0778. The highest BCUT2D eigenvalue weighted by atomic mass is 35.5. The Kier molecular flexibility index (Phi) is 8.14. The maximum atomic E-state index is 12.7. The fourth-order valence-corrected chi connectivity index (χ4v) is 3.73. The summed E-state index contributed by atoms with van der Waals surface area (Å²) in [5.74, 6) is 0.738. The molecule has 2 aromatic rings. The molecule has 0 amide bonds. The fourth-order valence-electron chi connectivity index (χ4n) is 2.32. The molecule has 0 radical (unpaired) electrons. The molecule has 152 valence electrons. The summed E-state index contributed by atoms with van der Waals surface area (Å²) in [7, 11) is -3.65. The molecular weight excluding hydrogens is 404 g/mol. The first-order valence-corrected chi connectivity index (χ1v) is 10.8. The molecule has 0 N–H and O–H groups in total. The van der Waals surface area contributed by atoms with Crippen LogP contribution >= 0.6 is 11.6 Å². The van der Waals surface area contributed by atoms with Gasteiger partial charge in [0.05, 0.1) is 22.3 Å². The van der Waals surface area contributed by atoms with Crippen LogP contribution < -0.4 is 9.47 Å². The van der Waals surface area contributed by atoms with E-state index in [0.717, 1.165) is 6.42 Å². The number of benzene rings is 2. The van der Waals surface area contributed by atoms with Crippen LogP contribution in [0.4, 0.5) is 0 Å². The summed E-state index contributed by atoms with van der Waals surface area (Å²) in [6, 6.07) is 12.4. The van der Waals surface area contributed by atoms with E-state index in [4.69, 9.17) is 25.8 Å². The molecule has 1 unspecified atom stereocenters. The molecule has 0 aliphatic carbocycles. The number of alkyl halides is 1. The standard InChI is InChI=1S/C20H23ClO6S/c1-3-12-25-16-4-8-19(9-5-16)28(23,24)20-10-6-17(7-11-20)26-14-18(13-21)27-15(2)22/h4-11,18H,3,12-14H2,1-2H3. The van der Waals surface area contributed by atoms with E-state index in [2.05, 4.69) is 0 Å². The first-order chi connectivity index (χ1) is 13.4. The number of esters is 1. The van der Waals surface area contributed by atoms with Gasteiger partial charge in [-0.1, -0.05) is 6.92 Å². The molecule has 0 bridgehead atoms. The van der Waals surface area contributed by atoms with E-state index in [1.807, 2.05) is 6.92 Å². The van der Waals surface area contributed by atoms with Gasteiger partial charge < -0.3 is 14.2 Å². The minimum Gasteiger partial charge on any atom is -0.494 e. The Labute approximate surface area is 170 Å². The normalized spacial score (nSPS) is 12.2. The molecule has 0 aliphatic heterocycles. The molecule has 2 aromatic carbocycles. The van der Waals surface area contributed by atoms with Crippen LogP contribution in [-0.2, 0) is 19.4 Å². The van der Waals surface area contributed by atoms with Crippen molar-refractivity contribution in [2.45, 2.75) is 36.2 Å². The first kappa shape index (κ1) is 22.0. The Morgan fingerprint density at radius 3 is 1.89 bits per heavy atom. The average molecular weight is 427 g/mol. The molecule has 0 fully saturated rings. The lowest BCUT2D eigenvalue weighted by atomic mass is 10.3. The third kappa shape index (κ3) is 6.14. The second-order valence-electron chi connectivity index (χ2n) is 5.99. The molecule has 8 heteroatoms. The zero-order chi connectivity index (χ0) is 20.6. The van der Waals surface area contributed by atoms with Gasteiger partial charge in [-0.25, -0.2) is 8.42 Å². The number of ether oxygens (including phenoxy) is 3.